The van der Waals surface area contributed by atoms with Gasteiger partial charge in [0.25, 0.3) is 0 Å². The SMILES string of the molecule is CCN(c1ccnc(C(=O)OC)c1)C1COCC1C(=O)O. The highest BCUT2D eigenvalue weighted by molar-refractivity contribution is 5.88. The van der Waals surface area contributed by atoms with E-state index in [1.54, 1.807) is 12.1 Å². The number of carbonyl (C=O) groups excluding carboxylic acids is 1. The second-order valence-electron chi connectivity index (χ2n) is 4.73. The molecule has 1 fully saturated rings. The van der Waals surface area contributed by atoms with Crippen molar-refractivity contribution in [1.29, 1.82) is 0 Å². The number of methoxy groups -OCH3 is 1. The monoisotopic (exact) mass is 294 g/mol. The number of hydrogen-bond donors (Lipinski definition) is 1. The lowest BCUT2D eigenvalue weighted by Crippen LogP contribution is -2.43. The summed E-state index contributed by atoms with van der Waals surface area (Å²) in [7, 11) is 1.29. The molecule has 0 spiro atoms. The van der Waals surface area contributed by atoms with Crippen LogP contribution in [0.3, 0.4) is 0 Å². The molecule has 1 aromatic rings. The van der Waals surface area contributed by atoms with Crippen LogP contribution >= 0.6 is 0 Å². The summed E-state index contributed by atoms with van der Waals surface area (Å²) in [5, 5.41) is 9.26. The van der Waals surface area contributed by atoms with Crippen LogP contribution in [0.4, 0.5) is 5.69 Å². The molecule has 0 saturated carbocycles. The first kappa shape index (κ1) is 15.2. The molecule has 1 N–H and O–H groups in total. The molecule has 0 aliphatic carbocycles. The smallest absolute Gasteiger partial charge is 0.356 e. The van der Waals surface area contributed by atoms with Crippen LogP contribution < -0.4 is 4.90 Å². The lowest BCUT2D eigenvalue weighted by atomic mass is 10.0. The van der Waals surface area contributed by atoms with Crippen molar-refractivity contribution in [2.75, 3.05) is 31.8 Å². The number of carboxylic acid groups (broad SMARTS) is 1. The average molecular weight is 294 g/mol. The van der Waals surface area contributed by atoms with Crippen molar-refractivity contribution >= 4 is 17.6 Å². The van der Waals surface area contributed by atoms with Gasteiger partial charge in [0.05, 0.1) is 26.4 Å². The van der Waals surface area contributed by atoms with Crippen molar-refractivity contribution < 1.29 is 24.2 Å². The number of ether oxygens (including phenoxy) is 2. The van der Waals surface area contributed by atoms with E-state index in [9.17, 15) is 14.7 Å². The highest BCUT2D eigenvalue weighted by atomic mass is 16.5. The Morgan fingerprint density at radius 3 is 2.90 bits per heavy atom. The third-order valence-corrected chi connectivity index (χ3v) is 3.58. The quantitative estimate of drug-likeness (QED) is 0.803. The summed E-state index contributed by atoms with van der Waals surface area (Å²) in [6.07, 6.45) is 1.51. The van der Waals surface area contributed by atoms with Gasteiger partial charge in [0.1, 0.15) is 11.6 Å². The number of esters is 1. The minimum absolute atomic E-state index is 0.194. The number of aromatic nitrogens is 1. The topological polar surface area (TPSA) is 89.0 Å². The van der Waals surface area contributed by atoms with Gasteiger partial charge in [-0.05, 0) is 19.1 Å². The van der Waals surface area contributed by atoms with Gasteiger partial charge < -0.3 is 19.5 Å². The van der Waals surface area contributed by atoms with E-state index in [4.69, 9.17) is 4.74 Å². The molecule has 0 amide bonds. The largest absolute Gasteiger partial charge is 0.481 e. The molecule has 1 saturated heterocycles. The predicted molar refractivity (Wildman–Crippen MR) is 74.3 cm³/mol. The Morgan fingerprint density at radius 1 is 1.52 bits per heavy atom. The molecule has 7 heteroatoms. The Hall–Kier alpha value is -2.15. The van der Waals surface area contributed by atoms with Gasteiger partial charge in [-0.25, -0.2) is 9.78 Å². The molecule has 0 bridgehead atoms. The number of aliphatic carboxylic acids is 1. The Morgan fingerprint density at radius 2 is 2.29 bits per heavy atom. The fourth-order valence-electron chi connectivity index (χ4n) is 2.51. The van der Waals surface area contributed by atoms with Crippen LogP contribution in [-0.4, -0.2) is 54.9 Å². The number of anilines is 1. The number of nitrogens with zero attached hydrogens (tertiary/aromatic N) is 2. The third-order valence-electron chi connectivity index (χ3n) is 3.58. The van der Waals surface area contributed by atoms with Crippen molar-refractivity contribution in [1.82, 2.24) is 4.98 Å². The Balaban J connectivity index is 2.29. The highest BCUT2D eigenvalue weighted by Gasteiger charge is 2.37. The fourth-order valence-corrected chi connectivity index (χ4v) is 2.51. The standard InChI is InChI=1S/C14H18N2O5/c1-3-16(12-8-21-7-10(12)13(17)18)9-4-5-15-11(6-9)14(19)20-2/h4-6,10,12H,3,7-8H2,1-2H3,(H,17,18). The van der Waals surface area contributed by atoms with Crippen molar-refractivity contribution in [3.05, 3.63) is 24.0 Å². The summed E-state index contributed by atoms with van der Waals surface area (Å²) in [4.78, 5) is 28.7. The second kappa shape index (κ2) is 6.53. The van der Waals surface area contributed by atoms with E-state index in [1.165, 1.54) is 13.3 Å². The van der Waals surface area contributed by atoms with Gasteiger partial charge in [-0.3, -0.25) is 4.79 Å². The number of rotatable bonds is 5. The number of pyridine rings is 1. The van der Waals surface area contributed by atoms with Gasteiger partial charge in [-0.2, -0.15) is 0 Å². The zero-order valence-electron chi connectivity index (χ0n) is 12.0. The Bertz CT molecular complexity index is 534. The van der Waals surface area contributed by atoms with Crippen LogP contribution in [0.15, 0.2) is 18.3 Å². The molecule has 7 nitrogen and oxygen atoms in total. The Kier molecular flexibility index (Phi) is 4.74. The number of carboxylic acids is 1. The fraction of sp³-hybridized carbons (Fsp3) is 0.500. The zero-order chi connectivity index (χ0) is 15.4. The van der Waals surface area contributed by atoms with Gasteiger partial charge in [-0.15, -0.1) is 0 Å². The lowest BCUT2D eigenvalue weighted by molar-refractivity contribution is -0.141. The summed E-state index contributed by atoms with van der Waals surface area (Å²) >= 11 is 0. The minimum Gasteiger partial charge on any atom is -0.481 e. The van der Waals surface area contributed by atoms with Crippen LogP contribution in [0, 0.1) is 5.92 Å². The summed E-state index contributed by atoms with van der Waals surface area (Å²) in [5.41, 5.74) is 0.925. The summed E-state index contributed by atoms with van der Waals surface area (Å²) in [6, 6.07) is 3.08. The van der Waals surface area contributed by atoms with Crippen LogP contribution in [0.5, 0.6) is 0 Å². The molecular formula is C14H18N2O5. The molecule has 0 aromatic carbocycles. The summed E-state index contributed by atoms with van der Waals surface area (Å²) in [6.45, 7) is 3.07. The molecule has 0 radical (unpaired) electrons. The van der Waals surface area contributed by atoms with Gasteiger partial charge in [0.15, 0.2) is 0 Å². The molecule has 1 aliphatic heterocycles. The van der Waals surface area contributed by atoms with Gasteiger partial charge in [-0.1, -0.05) is 0 Å². The maximum Gasteiger partial charge on any atom is 0.356 e. The maximum atomic E-state index is 11.5. The maximum absolute atomic E-state index is 11.5. The van der Waals surface area contributed by atoms with E-state index in [2.05, 4.69) is 9.72 Å². The lowest BCUT2D eigenvalue weighted by Gasteiger charge is -2.31. The van der Waals surface area contributed by atoms with Crippen molar-refractivity contribution in [2.45, 2.75) is 13.0 Å². The van der Waals surface area contributed by atoms with Gasteiger partial charge in [0, 0.05) is 18.4 Å². The van der Waals surface area contributed by atoms with E-state index in [1.807, 2.05) is 11.8 Å². The molecular weight excluding hydrogens is 276 g/mol. The molecule has 21 heavy (non-hydrogen) atoms. The van der Waals surface area contributed by atoms with Crippen LogP contribution in [0.1, 0.15) is 17.4 Å². The van der Waals surface area contributed by atoms with Gasteiger partial charge in [0.2, 0.25) is 0 Å². The zero-order valence-corrected chi connectivity index (χ0v) is 12.0. The van der Waals surface area contributed by atoms with E-state index >= 15 is 0 Å². The van der Waals surface area contributed by atoms with E-state index < -0.39 is 17.9 Å². The predicted octanol–water partition coefficient (Wildman–Crippen LogP) is 0.794. The van der Waals surface area contributed by atoms with E-state index in [0.717, 1.165) is 5.69 Å². The Labute approximate surface area is 122 Å². The first-order chi connectivity index (χ1) is 10.1. The van der Waals surface area contributed by atoms with Gasteiger partial charge >= 0.3 is 11.9 Å². The molecule has 2 atom stereocenters. The van der Waals surface area contributed by atoms with Crippen molar-refractivity contribution in [3.8, 4) is 0 Å². The average Bonchev–Trinajstić information content (AvgIpc) is 2.97. The second-order valence-corrected chi connectivity index (χ2v) is 4.73. The number of hydrogen-bond acceptors (Lipinski definition) is 6. The highest BCUT2D eigenvalue weighted by Crippen LogP contribution is 2.26. The molecule has 114 valence electrons. The third kappa shape index (κ3) is 3.13. The number of carbonyl (C=O) groups is 2. The van der Waals surface area contributed by atoms with E-state index in [0.29, 0.717) is 13.2 Å². The summed E-state index contributed by atoms with van der Waals surface area (Å²) < 4.78 is 9.96. The number of likely N-dealkylation sites (N-methyl/N-ethyl adjacent to an activating group) is 1. The van der Waals surface area contributed by atoms with Crippen LogP contribution in [0.25, 0.3) is 0 Å². The van der Waals surface area contributed by atoms with Crippen molar-refractivity contribution in [3.63, 3.8) is 0 Å². The molecule has 2 heterocycles. The first-order valence-corrected chi connectivity index (χ1v) is 6.70. The normalized spacial score (nSPS) is 21.0. The molecule has 2 unspecified atom stereocenters. The molecule has 2 rings (SSSR count). The first-order valence-electron chi connectivity index (χ1n) is 6.70. The summed E-state index contributed by atoms with van der Waals surface area (Å²) in [5.74, 6) is -1.98. The van der Waals surface area contributed by atoms with Crippen molar-refractivity contribution in [2.24, 2.45) is 5.92 Å². The van der Waals surface area contributed by atoms with Crippen LogP contribution in [0.2, 0.25) is 0 Å². The van der Waals surface area contributed by atoms with E-state index in [-0.39, 0.29) is 18.3 Å². The molecule has 1 aromatic heterocycles. The minimum atomic E-state index is -0.877. The molecule has 1 aliphatic rings. The van der Waals surface area contributed by atoms with Crippen LogP contribution in [-0.2, 0) is 14.3 Å².